The van der Waals surface area contributed by atoms with Crippen LogP contribution in [0.1, 0.15) is 48.4 Å². The molecule has 128 valence electrons. The fourth-order valence-corrected chi connectivity index (χ4v) is 3.63. The zero-order valence-corrected chi connectivity index (χ0v) is 14.6. The number of rotatable bonds is 4. The molecule has 1 aromatic heterocycles. The summed E-state index contributed by atoms with van der Waals surface area (Å²) in [6, 6.07) is 4.14. The first kappa shape index (κ1) is 17.0. The molecule has 1 atom stereocenters. The quantitative estimate of drug-likeness (QED) is 0.828. The molecule has 1 fully saturated rings. The molecule has 1 aliphatic heterocycles. The van der Waals surface area contributed by atoms with E-state index in [1.807, 2.05) is 18.7 Å². The Bertz CT molecular complexity index is 759. The highest BCUT2D eigenvalue weighted by Gasteiger charge is 2.34. The molecule has 1 aromatic carbocycles. The Morgan fingerprint density at radius 1 is 1.50 bits per heavy atom. The average molecular weight is 351 g/mol. The number of aryl methyl sites for hydroxylation is 2. The fraction of sp³-hybridized carbons (Fsp3) is 0.444. The van der Waals surface area contributed by atoms with Crippen LogP contribution in [0.15, 0.2) is 22.7 Å². The Kier molecular flexibility index (Phi) is 4.90. The third-order valence-electron chi connectivity index (χ3n) is 4.57. The molecule has 1 saturated heterocycles. The summed E-state index contributed by atoms with van der Waals surface area (Å²) < 4.78 is 18.5. The van der Waals surface area contributed by atoms with Crippen LogP contribution < -0.4 is 0 Å². The number of benzene rings is 1. The van der Waals surface area contributed by atoms with Crippen molar-refractivity contribution in [3.05, 3.63) is 51.6 Å². The van der Waals surface area contributed by atoms with Gasteiger partial charge in [-0.3, -0.25) is 4.79 Å². The normalized spacial score (nSPS) is 17.5. The molecule has 0 spiro atoms. The summed E-state index contributed by atoms with van der Waals surface area (Å²) in [5.41, 5.74) is 2.52. The number of nitrogens with zero attached hydrogens (tertiary/aromatic N) is 2. The molecule has 6 heteroatoms. The first-order valence-electron chi connectivity index (χ1n) is 8.19. The number of carbonyl (C=O) groups excluding carboxylic acids is 1. The maximum atomic E-state index is 13.2. The Labute approximate surface area is 145 Å². The van der Waals surface area contributed by atoms with Gasteiger partial charge in [-0.25, -0.2) is 4.39 Å². The van der Waals surface area contributed by atoms with E-state index < -0.39 is 5.82 Å². The molecule has 0 radical (unpaired) electrons. The van der Waals surface area contributed by atoms with Crippen molar-refractivity contribution >= 4 is 17.5 Å². The molecule has 4 nitrogen and oxygen atoms in total. The number of hydrogen-bond acceptors (Lipinski definition) is 3. The number of halogens is 2. The summed E-state index contributed by atoms with van der Waals surface area (Å²) in [7, 11) is 0. The summed E-state index contributed by atoms with van der Waals surface area (Å²) >= 11 is 6.05. The molecule has 1 unspecified atom stereocenters. The number of carbonyl (C=O) groups is 1. The van der Waals surface area contributed by atoms with Gasteiger partial charge in [0.05, 0.1) is 18.2 Å². The van der Waals surface area contributed by atoms with Crippen LogP contribution in [0.2, 0.25) is 5.02 Å². The third-order valence-corrected chi connectivity index (χ3v) is 4.92. The number of hydrogen-bond donors (Lipinski definition) is 0. The Morgan fingerprint density at radius 3 is 3.00 bits per heavy atom. The molecule has 24 heavy (non-hydrogen) atoms. The number of likely N-dealkylation sites (tertiary alicyclic amines) is 1. The predicted molar refractivity (Wildman–Crippen MR) is 89.4 cm³/mol. The number of aromatic nitrogens is 1. The maximum Gasteiger partial charge on any atom is 0.227 e. The van der Waals surface area contributed by atoms with Crippen molar-refractivity contribution in [2.45, 2.75) is 45.6 Å². The average Bonchev–Trinajstić information content (AvgIpc) is 3.15. The molecular formula is C18H20ClFN2O2. The first-order valence-corrected chi connectivity index (χ1v) is 8.57. The second-order valence-electron chi connectivity index (χ2n) is 6.12. The minimum Gasteiger partial charge on any atom is -0.361 e. The van der Waals surface area contributed by atoms with Crippen molar-refractivity contribution in [2.24, 2.45) is 0 Å². The van der Waals surface area contributed by atoms with Gasteiger partial charge in [-0.1, -0.05) is 29.7 Å². The molecule has 0 bridgehead atoms. The highest BCUT2D eigenvalue weighted by atomic mass is 35.5. The summed E-state index contributed by atoms with van der Waals surface area (Å²) in [5, 5.41) is 4.34. The zero-order chi connectivity index (χ0) is 17.3. The molecule has 3 rings (SSSR count). The van der Waals surface area contributed by atoms with Crippen LogP contribution in [0.25, 0.3) is 0 Å². The van der Waals surface area contributed by atoms with Gasteiger partial charge in [-0.15, -0.1) is 0 Å². The smallest absolute Gasteiger partial charge is 0.227 e. The minimum atomic E-state index is -0.400. The van der Waals surface area contributed by atoms with Crippen molar-refractivity contribution in [1.29, 1.82) is 0 Å². The molecule has 0 aliphatic carbocycles. The van der Waals surface area contributed by atoms with Gasteiger partial charge in [0.2, 0.25) is 5.91 Å². The van der Waals surface area contributed by atoms with Crippen molar-refractivity contribution in [3.8, 4) is 0 Å². The van der Waals surface area contributed by atoms with E-state index >= 15 is 0 Å². The first-order chi connectivity index (χ1) is 11.5. The third kappa shape index (κ3) is 3.18. The van der Waals surface area contributed by atoms with E-state index in [1.165, 1.54) is 12.1 Å². The van der Waals surface area contributed by atoms with Gasteiger partial charge in [0.1, 0.15) is 11.6 Å². The highest BCUT2D eigenvalue weighted by Crippen LogP contribution is 2.36. The van der Waals surface area contributed by atoms with E-state index in [0.717, 1.165) is 36.3 Å². The van der Waals surface area contributed by atoms with E-state index in [1.54, 1.807) is 6.07 Å². The van der Waals surface area contributed by atoms with E-state index in [4.69, 9.17) is 16.1 Å². The van der Waals surface area contributed by atoms with Crippen LogP contribution in [0, 0.1) is 12.7 Å². The van der Waals surface area contributed by atoms with Gasteiger partial charge in [0.25, 0.3) is 0 Å². The van der Waals surface area contributed by atoms with E-state index in [-0.39, 0.29) is 23.4 Å². The topological polar surface area (TPSA) is 46.3 Å². The lowest BCUT2D eigenvalue weighted by Gasteiger charge is -2.25. The van der Waals surface area contributed by atoms with Crippen LogP contribution in [0.5, 0.6) is 0 Å². The fourth-order valence-electron chi connectivity index (χ4n) is 3.40. The van der Waals surface area contributed by atoms with Gasteiger partial charge in [0.15, 0.2) is 0 Å². The Morgan fingerprint density at radius 2 is 2.29 bits per heavy atom. The molecule has 1 amide bonds. The largest absolute Gasteiger partial charge is 0.361 e. The standard InChI is InChI=1S/C18H20ClFN2O2/c1-3-16-18(11(2)21-24-16)15-5-4-8-22(15)17(23)9-12-6-7-13(20)10-14(12)19/h6-7,10,15H,3-5,8-9H2,1-2H3. The van der Waals surface area contributed by atoms with Gasteiger partial charge in [-0.2, -0.15) is 0 Å². The molecular weight excluding hydrogens is 331 g/mol. The summed E-state index contributed by atoms with van der Waals surface area (Å²) in [5.74, 6) is 0.439. The van der Waals surface area contributed by atoms with Crippen molar-refractivity contribution in [3.63, 3.8) is 0 Å². The van der Waals surface area contributed by atoms with Gasteiger partial charge in [0, 0.05) is 23.6 Å². The lowest BCUT2D eigenvalue weighted by atomic mass is 10.0. The Hall–Kier alpha value is -1.88. The summed E-state index contributed by atoms with van der Waals surface area (Å²) in [6.07, 6.45) is 2.76. The zero-order valence-electron chi connectivity index (χ0n) is 13.8. The molecule has 0 N–H and O–H groups in total. The molecule has 2 heterocycles. The van der Waals surface area contributed by atoms with Crippen molar-refractivity contribution in [1.82, 2.24) is 10.1 Å². The van der Waals surface area contributed by atoms with Crippen molar-refractivity contribution < 1.29 is 13.7 Å². The van der Waals surface area contributed by atoms with Gasteiger partial charge < -0.3 is 9.42 Å². The SMILES string of the molecule is CCc1onc(C)c1C1CCCN1C(=O)Cc1ccc(F)cc1Cl. The Balaban J connectivity index is 1.82. The molecule has 1 aliphatic rings. The van der Waals surface area contributed by atoms with Crippen molar-refractivity contribution in [2.75, 3.05) is 6.54 Å². The molecule has 0 saturated carbocycles. The summed E-state index contributed by atoms with van der Waals surface area (Å²) in [4.78, 5) is 14.7. The second kappa shape index (κ2) is 6.93. The number of amides is 1. The molecule has 2 aromatic rings. The second-order valence-corrected chi connectivity index (χ2v) is 6.52. The predicted octanol–water partition coefficient (Wildman–Crippen LogP) is 4.24. The van der Waals surface area contributed by atoms with E-state index in [2.05, 4.69) is 5.16 Å². The van der Waals surface area contributed by atoms with Crippen LogP contribution in [-0.2, 0) is 17.6 Å². The minimum absolute atomic E-state index is 0.00192. The summed E-state index contributed by atoms with van der Waals surface area (Å²) in [6.45, 7) is 4.63. The van der Waals surface area contributed by atoms with Gasteiger partial charge >= 0.3 is 0 Å². The van der Waals surface area contributed by atoms with Crippen LogP contribution in [0.4, 0.5) is 4.39 Å². The van der Waals surface area contributed by atoms with Crippen LogP contribution in [0.3, 0.4) is 0 Å². The van der Waals surface area contributed by atoms with Crippen LogP contribution in [-0.4, -0.2) is 22.5 Å². The van der Waals surface area contributed by atoms with Gasteiger partial charge in [-0.05, 0) is 37.5 Å². The van der Waals surface area contributed by atoms with Crippen LogP contribution >= 0.6 is 11.6 Å². The van der Waals surface area contributed by atoms with E-state index in [9.17, 15) is 9.18 Å². The monoisotopic (exact) mass is 350 g/mol. The lowest BCUT2D eigenvalue weighted by Crippen LogP contribution is -2.32. The lowest BCUT2D eigenvalue weighted by molar-refractivity contribution is -0.131. The maximum absolute atomic E-state index is 13.2. The van der Waals surface area contributed by atoms with E-state index in [0.29, 0.717) is 12.1 Å². The highest BCUT2D eigenvalue weighted by molar-refractivity contribution is 6.31.